The molecule has 0 spiro atoms. The van der Waals surface area contributed by atoms with E-state index in [0.29, 0.717) is 18.5 Å². The first-order valence-corrected chi connectivity index (χ1v) is 11.5. The molecule has 6 heteroatoms. The Morgan fingerprint density at radius 2 is 2.03 bits per heavy atom. The molecule has 0 amide bonds. The number of aryl methyl sites for hydroxylation is 1. The highest BCUT2D eigenvalue weighted by molar-refractivity contribution is 7.18. The molecule has 1 unspecified atom stereocenters. The molecule has 5 rings (SSSR count). The molecular formula is C23H26FN3OS. The average Bonchev–Trinajstić information content (AvgIpc) is 3.37. The Morgan fingerprint density at radius 3 is 2.86 bits per heavy atom. The van der Waals surface area contributed by atoms with Gasteiger partial charge in [0, 0.05) is 17.0 Å². The molecule has 0 radical (unpaired) electrons. The highest BCUT2D eigenvalue weighted by Crippen LogP contribution is 2.35. The van der Waals surface area contributed by atoms with Gasteiger partial charge in [0.25, 0.3) is 5.56 Å². The van der Waals surface area contributed by atoms with Crippen LogP contribution in [0.15, 0.2) is 35.4 Å². The van der Waals surface area contributed by atoms with Crippen LogP contribution < -0.4 is 10.9 Å². The zero-order valence-corrected chi connectivity index (χ0v) is 17.3. The molecule has 1 aromatic carbocycles. The van der Waals surface area contributed by atoms with Crippen molar-refractivity contribution in [3.63, 3.8) is 0 Å². The molecule has 1 fully saturated rings. The van der Waals surface area contributed by atoms with E-state index in [0.717, 1.165) is 54.4 Å². The van der Waals surface area contributed by atoms with Crippen LogP contribution in [0.1, 0.15) is 54.1 Å². The number of aromatic nitrogens is 2. The zero-order chi connectivity index (χ0) is 19.8. The van der Waals surface area contributed by atoms with E-state index in [1.165, 1.54) is 29.3 Å². The van der Waals surface area contributed by atoms with Crippen LogP contribution in [0.25, 0.3) is 10.2 Å². The van der Waals surface area contributed by atoms with Crippen LogP contribution in [0.4, 0.5) is 4.39 Å². The lowest BCUT2D eigenvalue weighted by molar-refractivity contribution is 0.463. The topological polar surface area (TPSA) is 46.9 Å². The monoisotopic (exact) mass is 411 g/mol. The van der Waals surface area contributed by atoms with Crippen LogP contribution in [0.5, 0.6) is 0 Å². The zero-order valence-electron chi connectivity index (χ0n) is 16.5. The largest absolute Gasteiger partial charge is 0.313 e. The van der Waals surface area contributed by atoms with E-state index in [1.807, 2.05) is 16.7 Å². The maximum Gasteiger partial charge on any atom is 0.262 e. The maximum atomic E-state index is 13.8. The number of halogens is 1. The van der Waals surface area contributed by atoms with Crippen molar-refractivity contribution in [3.05, 3.63) is 62.8 Å². The summed E-state index contributed by atoms with van der Waals surface area (Å²) in [6.45, 7) is 0.762. The van der Waals surface area contributed by atoms with Gasteiger partial charge in [-0.3, -0.25) is 9.36 Å². The molecule has 2 aliphatic rings. The molecule has 3 aromatic rings. The minimum Gasteiger partial charge on any atom is -0.313 e. The summed E-state index contributed by atoms with van der Waals surface area (Å²) >= 11 is 1.68. The Kier molecular flexibility index (Phi) is 5.22. The number of nitrogens with one attached hydrogen (secondary N) is 1. The standard InChI is InChI=1S/C23H26FN3OS/c24-19-8-4-1-5-15(19)11-12-25-16-9-10-18-20(13-16)29-22-21(18)23(28)27(14-26-22)17-6-2-3-7-17/h1,4-5,8,14,16-17,25H,2-3,6-7,9-13H2. The van der Waals surface area contributed by atoms with Gasteiger partial charge in [0.2, 0.25) is 0 Å². The van der Waals surface area contributed by atoms with Crippen LogP contribution in [-0.2, 0) is 19.3 Å². The van der Waals surface area contributed by atoms with Gasteiger partial charge >= 0.3 is 0 Å². The van der Waals surface area contributed by atoms with Gasteiger partial charge < -0.3 is 5.32 Å². The van der Waals surface area contributed by atoms with Gasteiger partial charge in [-0.25, -0.2) is 9.37 Å². The smallest absolute Gasteiger partial charge is 0.262 e. The van der Waals surface area contributed by atoms with Crippen molar-refractivity contribution >= 4 is 21.6 Å². The predicted octanol–water partition coefficient (Wildman–Crippen LogP) is 4.40. The third-order valence-corrected chi connectivity index (χ3v) is 7.66. The summed E-state index contributed by atoms with van der Waals surface area (Å²) in [6.07, 6.45) is 9.90. The van der Waals surface area contributed by atoms with Gasteiger partial charge in [-0.1, -0.05) is 31.0 Å². The van der Waals surface area contributed by atoms with Crippen molar-refractivity contribution in [2.24, 2.45) is 0 Å². The molecule has 1 N–H and O–H groups in total. The normalized spacial score (nSPS) is 19.7. The lowest BCUT2D eigenvalue weighted by Gasteiger charge is -2.23. The Bertz CT molecular complexity index is 1080. The van der Waals surface area contributed by atoms with E-state index < -0.39 is 0 Å². The van der Waals surface area contributed by atoms with E-state index in [4.69, 9.17) is 0 Å². The van der Waals surface area contributed by atoms with Gasteiger partial charge in [0.1, 0.15) is 10.6 Å². The predicted molar refractivity (Wildman–Crippen MR) is 115 cm³/mol. The summed E-state index contributed by atoms with van der Waals surface area (Å²) in [4.78, 5) is 20.0. The fourth-order valence-corrected chi connectivity index (χ4v) is 6.17. The highest BCUT2D eigenvalue weighted by Gasteiger charge is 2.26. The number of nitrogens with zero attached hydrogens (tertiary/aromatic N) is 2. The average molecular weight is 412 g/mol. The minimum absolute atomic E-state index is 0.130. The molecule has 1 atom stereocenters. The van der Waals surface area contributed by atoms with E-state index >= 15 is 0 Å². The second-order valence-electron chi connectivity index (χ2n) is 8.31. The SMILES string of the molecule is O=c1c2c3c(sc2ncn1C1CCCC1)CC(NCCc1ccccc1F)CC3. The summed E-state index contributed by atoms with van der Waals surface area (Å²) in [6, 6.07) is 7.68. The van der Waals surface area contributed by atoms with Crippen molar-refractivity contribution in [1.29, 1.82) is 0 Å². The number of thiophene rings is 1. The number of hydrogen-bond donors (Lipinski definition) is 1. The molecule has 2 aromatic heterocycles. The van der Waals surface area contributed by atoms with Crippen molar-refractivity contribution in [2.45, 2.75) is 63.5 Å². The second-order valence-corrected chi connectivity index (χ2v) is 9.40. The molecule has 0 aliphatic heterocycles. The van der Waals surface area contributed by atoms with Crippen molar-refractivity contribution in [2.75, 3.05) is 6.54 Å². The maximum absolute atomic E-state index is 13.8. The Hall–Kier alpha value is -2.05. The molecular weight excluding hydrogens is 385 g/mol. The number of rotatable bonds is 5. The van der Waals surface area contributed by atoms with Gasteiger partial charge in [0.05, 0.1) is 11.7 Å². The first-order valence-electron chi connectivity index (χ1n) is 10.7. The van der Waals surface area contributed by atoms with E-state index in [2.05, 4.69) is 10.3 Å². The van der Waals surface area contributed by atoms with E-state index in [9.17, 15) is 9.18 Å². The molecule has 0 saturated heterocycles. The van der Waals surface area contributed by atoms with Crippen molar-refractivity contribution in [1.82, 2.24) is 14.9 Å². The second kappa shape index (κ2) is 8.00. The molecule has 1 saturated carbocycles. The van der Waals surface area contributed by atoms with Crippen LogP contribution in [0, 0.1) is 5.82 Å². The number of fused-ring (bicyclic) bond motifs is 3. The van der Waals surface area contributed by atoms with Gasteiger partial charge in [-0.15, -0.1) is 11.3 Å². The minimum atomic E-state index is -0.130. The lowest BCUT2D eigenvalue weighted by Crippen LogP contribution is -2.35. The molecule has 0 bridgehead atoms. The van der Waals surface area contributed by atoms with E-state index in [1.54, 1.807) is 23.7 Å². The van der Waals surface area contributed by atoms with Gasteiger partial charge in [-0.05, 0) is 62.3 Å². The summed E-state index contributed by atoms with van der Waals surface area (Å²) in [5.74, 6) is -0.130. The third-order valence-electron chi connectivity index (χ3n) is 6.50. The Labute approximate surface area is 173 Å². The molecule has 29 heavy (non-hydrogen) atoms. The summed E-state index contributed by atoms with van der Waals surface area (Å²) < 4.78 is 15.7. The van der Waals surface area contributed by atoms with Crippen LogP contribution in [-0.4, -0.2) is 22.1 Å². The Morgan fingerprint density at radius 1 is 1.21 bits per heavy atom. The van der Waals surface area contributed by atoms with Crippen LogP contribution >= 0.6 is 11.3 Å². The first kappa shape index (κ1) is 18.9. The molecule has 2 heterocycles. The third kappa shape index (κ3) is 3.64. The summed E-state index contributed by atoms with van der Waals surface area (Å²) in [7, 11) is 0. The summed E-state index contributed by atoms with van der Waals surface area (Å²) in [5.41, 5.74) is 2.14. The molecule has 152 valence electrons. The fraction of sp³-hybridized carbons (Fsp3) is 0.478. The fourth-order valence-electron chi connectivity index (χ4n) is 4.91. The van der Waals surface area contributed by atoms with Gasteiger partial charge in [-0.2, -0.15) is 0 Å². The summed E-state index contributed by atoms with van der Waals surface area (Å²) in [5, 5.41) is 4.45. The van der Waals surface area contributed by atoms with E-state index in [-0.39, 0.29) is 11.4 Å². The van der Waals surface area contributed by atoms with Gasteiger partial charge in [0.15, 0.2) is 0 Å². The molecule has 4 nitrogen and oxygen atoms in total. The van der Waals surface area contributed by atoms with Crippen molar-refractivity contribution < 1.29 is 4.39 Å². The highest BCUT2D eigenvalue weighted by atomic mass is 32.1. The van der Waals surface area contributed by atoms with Crippen LogP contribution in [0.3, 0.4) is 0 Å². The first-order chi connectivity index (χ1) is 14.2. The number of hydrogen-bond acceptors (Lipinski definition) is 4. The lowest BCUT2D eigenvalue weighted by atomic mass is 9.93. The molecule has 2 aliphatic carbocycles. The van der Waals surface area contributed by atoms with Crippen LogP contribution in [0.2, 0.25) is 0 Å². The number of benzene rings is 1. The quantitative estimate of drug-likeness (QED) is 0.677. The Balaban J connectivity index is 1.31. The van der Waals surface area contributed by atoms with Crippen molar-refractivity contribution in [3.8, 4) is 0 Å².